The highest BCUT2D eigenvalue weighted by Gasteiger charge is 2.21. The van der Waals surface area contributed by atoms with Crippen molar-refractivity contribution in [2.45, 2.75) is 18.9 Å². The number of nitrogens with two attached hydrogens (primary N) is 1. The maximum Gasteiger partial charge on any atom is 0.123 e. The Morgan fingerprint density at radius 1 is 1.14 bits per heavy atom. The van der Waals surface area contributed by atoms with Gasteiger partial charge in [0, 0.05) is 12.5 Å². The van der Waals surface area contributed by atoms with Gasteiger partial charge in [0.15, 0.2) is 0 Å². The summed E-state index contributed by atoms with van der Waals surface area (Å²) in [6.07, 6.45) is -0.844. The van der Waals surface area contributed by atoms with Crippen molar-refractivity contribution < 1.29 is 14.2 Å². The number of halogens is 1. The Balaban J connectivity index is 2.22. The summed E-state index contributed by atoms with van der Waals surface area (Å²) in [5, 5.41) is 10.5. The first kappa shape index (κ1) is 15.5. The summed E-state index contributed by atoms with van der Waals surface area (Å²) in [6, 6.07) is 13.4. The molecule has 0 radical (unpaired) electrons. The van der Waals surface area contributed by atoms with Gasteiger partial charge >= 0.3 is 0 Å². The Labute approximate surface area is 124 Å². The molecule has 21 heavy (non-hydrogen) atoms. The van der Waals surface area contributed by atoms with Gasteiger partial charge in [0.25, 0.3) is 0 Å². The Hall–Kier alpha value is -1.91. The first-order valence-electron chi connectivity index (χ1n) is 7.02. The molecule has 0 spiro atoms. The van der Waals surface area contributed by atoms with Crippen LogP contribution >= 0.6 is 0 Å². The SMILES string of the molecule is CCOc1ccc(C(CN)C(O)c2cccc(F)c2)cc1. The summed E-state index contributed by atoms with van der Waals surface area (Å²) in [5.41, 5.74) is 7.22. The fourth-order valence-electron chi connectivity index (χ4n) is 2.35. The van der Waals surface area contributed by atoms with Crippen molar-refractivity contribution in [1.82, 2.24) is 0 Å². The summed E-state index contributed by atoms with van der Waals surface area (Å²) in [6.45, 7) is 2.79. The highest BCUT2D eigenvalue weighted by Crippen LogP contribution is 2.31. The Bertz CT molecular complexity index is 571. The number of aliphatic hydroxyl groups is 1. The van der Waals surface area contributed by atoms with Crippen molar-refractivity contribution in [3.05, 3.63) is 65.5 Å². The average Bonchev–Trinajstić information content (AvgIpc) is 2.50. The molecule has 2 atom stereocenters. The minimum Gasteiger partial charge on any atom is -0.494 e. The van der Waals surface area contributed by atoms with E-state index < -0.39 is 6.10 Å². The van der Waals surface area contributed by atoms with E-state index in [0.29, 0.717) is 12.2 Å². The molecule has 2 unspecified atom stereocenters. The molecular formula is C17H20FNO2. The fourth-order valence-corrected chi connectivity index (χ4v) is 2.35. The second-order valence-corrected chi connectivity index (χ2v) is 4.84. The number of ether oxygens (including phenoxy) is 1. The summed E-state index contributed by atoms with van der Waals surface area (Å²) < 4.78 is 18.7. The quantitative estimate of drug-likeness (QED) is 0.859. The lowest BCUT2D eigenvalue weighted by atomic mass is 9.89. The Morgan fingerprint density at radius 2 is 1.86 bits per heavy atom. The van der Waals surface area contributed by atoms with E-state index in [0.717, 1.165) is 11.3 Å². The summed E-state index contributed by atoms with van der Waals surface area (Å²) in [7, 11) is 0. The number of aliphatic hydroxyl groups excluding tert-OH is 1. The predicted octanol–water partition coefficient (Wildman–Crippen LogP) is 3.00. The van der Waals surface area contributed by atoms with Crippen LogP contribution in [0.3, 0.4) is 0 Å². The monoisotopic (exact) mass is 289 g/mol. The van der Waals surface area contributed by atoms with E-state index in [1.807, 2.05) is 31.2 Å². The number of hydrogen-bond donors (Lipinski definition) is 2. The van der Waals surface area contributed by atoms with Gasteiger partial charge in [-0.25, -0.2) is 4.39 Å². The molecule has 4 heteroatoms. The van der Waals surface area contributed by atoms with Crippen LogP contribution in [0.25, 0.3) is 0 Å². The number of rotatable bonds is 6. The molecule has 0 saturated carbocycles. The largest absolute Gasteiger partial charge is 0.494 e. The smallest absolute Gasteiger partial charge is 0.123 e. The van der Waals surface area contributed by atoms with Crippen LogP contribution in [0, 0.1) is 5.82 Å². The van der Waals surface area contributed by atoms with Gasteiger partial charge in [-0.1, -0.05) is 24.3 Å². The zero-order valence-electron chi connectivity index (χ0n) is 12.0. The zero-order chi connectivity index (χ0) is 15.2. The third kappa shape index (κ3) is 3.80. The predicted molar refractivity (Wildman–Crippen MR) is 80.8 cm³/mol. The third-order valence-corrected chi connectivity index (χ3v) is 3.44. The van der Waals surface area contributed by atoms with Gasteiger partial charge in [0.05, 0.1) is 12.7 Å². The molecule has 2 aromatic carbocycles. The molecule has 0 heterocycles. The van der Waals surface area contributed by atoms with E-state index in [1.165, 1.54) is 12.1 Å². The van der Waals surface area contributed by atoms with Crippen LogP contribution in [-0.2, 0) is 0 Å². The highest BCUT2D eigenvalue weighted by atomic mass is 19.1. The van der Waals surface area contributed by atoms with Crippen molar-refractivity contribution in [1.29, 1.82) is 0 Å². The van der Waals surface area contributed by atoms with E-state index in [2.05, 4.69) is 0 Å². The first-order chi connectivity index (χ1) is 10.2. The van der Waals surface area contributed by atoms with Crippen molar-refractivity contribution >= 4 is 0 Å². The van der Waals surface area contributed by atoms with Gasteiger partial charge in [0.1, 0.15) is 11.6 Å². The van der Waals surface area contributed by atoms with Gasteiger partial charge in [-0.15, -0.1) is 0 Å². The van der Waals surface area contributed by atoms with Gasteiger partial charge in [0.2, 0.25) is 0 Å². The molecule has 0 aromatic heterocycles. The molecule has 0 aliphatic rings. The van der Waals surface area contributed by atoms with Gasteiger partial charge < -0.3 is 15.6 Å². The summed E-state index contributed by atoms with van der Waals surface area (Å²) in [4.78, 5) is 0. The van der Waals surface area contributed by atoms with E-state index in [9.17, 15) is 9.50 Å². The molecule has 2 aromatic rings. The molecule has 0 aliphatic heterocycles. The van der Waals surface area contributed by atoms with Crippen molar-refractivity contribution in [2.24, 2.45) is 5.73 Å². The van der Waals surface area contributed by atoms with Crippen LogP contribution in [0.4, 0.5) is 4.39 Å². The van der Waals surface area contributed by atoms with E-state index in [4.69, 9.17) is 10.5 Å². The van der Waals surface area contributed by atoms with E-state index in [-0.39, 0.29) is 18.3 Å². The van der Waals surface area contributed by atoms with Crippen LogP contribution in [0.2, 0.25) is 0 Å². The second-order valence-electron chi connectivity index (χ2n) is 4.84. The lowest BCUT2D eigenvalue weighted by molar-refractivity contribution is 0.147. The number of hydrogen-bond acceptors (Lipinski definition) is 3. The highest BCUT2D eigenvalue weighted by molar-refractivity contribution is 5.32. The fraction of sp³-hybridized carbons (Fsp3) is 0.294. The molecule has 0 aliphatic carbocycles. The van der Waals surface area contributed by atoms with Crippen molar-refractivity contribution in [3.63, 3.8) is 0 Å². The molecule has 3 N–H and O–H groups in total. The average molecular weight is 289 g/mol. The Morgan fingerprint density at radius 3 is 2.43 bits per heavy atom. The molecular weight excluding hydrogens is 269 g/mol. The minimum atomic E-state index is -0.844. The molecule has 3 nitrogen and oxygen atoms in total. The number of benzene rings is 2. The molecule has 2 rings (SSSR count). The Kier molecular flexibility index (Phi) is 5.31. The minimum absolute atomic E-state index is 0.270. The lowest BCUT2D eigenvalue weighted by Crippen LogP contribution is -2.20. The normalized spacial score (nSPS) is 13.7. The summed E-state index contributed by atoms with van der Waals surface area (Å²) in [5.74, 6) is 0.119. The van der Waals surface area contributed by atoms with Crippen LogP contribution in [0.5, 0.6) is 5.75 Å². The zero-order valence-corrected chi connectivity index (χ0v) is 12.0. The molecule has 112 valence electrons. The standard InChI is InChI=1S/C17H20FNO2/c1-2-21-15-8-6-12(7-9-15)16(11-19)17(20)13-4-3-5-14(18)10-13/h3-10,16-17,20H,2,11,19H2,1H3. The molecule has 0 amide bonds. The van der Waals surface area contributed by atoms with E-state index >= 15 is 0 Å². The van der Waals surface area contributed by atoms with E-state index in [1.54, 1.807) is 12.1 Å². The maximum absolute atomic E-state index is 13.3. The molecule has 0 saturated heterocycles. The summed E-state index contributed by atoms with van der Waals surface area (Å²) >= 11 is 0. The van der Waals surface area contributed by atoms with Crippen molar-refractivity contribution in [2.75, 3.05) is 13.2 Å². The van der Waals surface area contributed by atoms with Crippen LogP contribution < -0.4 is 10.5 Å². The van der Waals surface area contributed by atoms with Crippen molar-refractivity contribution in [3.8, 4) is 5.75 Å². The van der Waals surface area contributed by atoms with Gasteiger partial charge in [-0.2, -0.15) is 0 Å². The van der Waals surface area contributed by atoms with Gasteiger partial charge in [-0.05, 0) is 42.3 Å². The van der Waals surface area contributed by atoms with Gasteiger partial charge in [-0.3, -0.25) is 0 Å². The van der Waals surface area contributed by atoms with Crippen LogP contribution in [-0.4, -0.2) is 18.3 Å². The lowest BCUT2D eigenvalue weighted by Gasteiger charge is -2.22. The maximum atomic E-state index is 13.3. The molecule has 0 bridgehead atoms. The topological polar surface area (TPSA) is 55.5 Å². The third-order valence-electron chi connectivity index (χ3n) is 3.44. The molecule has 0 fully saturated rings. The second kappa shape index (κ2) is 7.20. The van der Waals surface area contributed by atoms with Crippen LogP contribution in [0.15, 0.2) is 48.5 Å². The first-order valence-corrected chi connectivity index (χ1v) is 7.02. The van der Waals surface area contributed by atoms with Crippen LogP contribution in [0.1, 0.15) is 30.1 Å².